The van der Waals surface area contributed by atoms with Crippen molar-refractivity contribution < 1.29 is 14.8 Å². The Morgan fingerprint density at radius 3 is 2.62 bits per heavy atom. The lowest BCUT2D eigenvalue weighted by Crippen LogP contribution is -2.22. The van der Waals surface area contributed by atoms with E-state index in [1.165, 1.54) is 23.1 Å². The number of amides is 1. The summed E-state index contributed by atoms with van der Waals surface area (Å²) in [7, 11) is 3.25. The normalized spacial score (nSPS) is 15.4. The molecule has 7 heteroatoms. The molecule has 1 fully saturated rings. The average molecular weight is 293 g/mol. The molecular formula is C14H19N3O4. The molecule has 2 rings (SSSR count). The number of aliphatic hydroxyl groups is 1. The van der Waals surface area contributed by atoms with Gasteiger partial charge < -0.3 is 15.3 Å². The number of hydrogen-bond acceptors (Lipinski definition) is 5. The molecule has 7 nitrogen and oxygen atoms in total. The first kappa shape index (κ1) is 15.2. The van der Waals surface area contributed by atoms with E-state index in [1.54, 1.807) is 14.1 Å². The number of carbonyl (C=O) groups is 1. The Hall–Kier alpha value is -2.15. The largest absolute Gasteiger partial charge is 0.396 e. The van der Waals surface area contributed by atoms with E-state index in [0.29, 0.717) is 17.8 Å². The van der Waals surface area contributed by atoms with Crippen molar-refractivity contribution in [2.24, 2.45) is 5.41 Å². The van der Waals surface area contributed by atoms with Crippen molar-refractivity contribution >= 4 is 17.3 Å². The van der Waals surface area contributed by atoms with Crippen LogP contribution in [0.5, 0.6) is 0 Å². The second-order valence-corrected chi connectivity index (χ2v) is 5.70. The van der Waals surface area contributed by atoms with Crippen molar-refractivity contribution in [1.82, 2.24) is 4.90 Å². The third-order valence-corrected chi connectivity index (χ3v) is 3.79. The first-order valence-corrected chi connectivity index (χ1v) is 6.73. The Bertz CT molecular complexity index is 567. The van der Waals surface area contributed by atoms with Crippen molar-refractivity contribution in [3.05, 3.63) is 33.9 Å². The van der Waals surface area contributed by atoms with Crippen LogP contribution in [-0.2, 0) is 0 Å². The van der Waals surface area contributed by atoms with Gasteiger partial charge in [-0.3, -0.25) is 14.9 Å². The second-order valence-electron chi connectivity index (χ2n) is 5.70. The number of aliphatic hydroxyl groups excluding tert-OH is 1. The Labute approximate surface area is 122 Å². The Morgan fingerprint density at radius 1 is 1.48 bits per heavy atom. The Kier molecular flexibility index (Phi) is 4.13. The van der Waals surface area contributed by atoms with Gasteiger partial charge in [0.2, 0.25) is 0 Å². The third kappa shape index (κ3) is 3.30. The summed E-state index contributed by atoms with van der Waals surface area (Å²) in [6, 6.07) is 4.27. The number of nitro groups is 1. The van der Waals surface area contributed by atoms with Gasteiger partial charge in [-0.2, -0.15) is 0 Å². The van der Waals surface area contributed by atoms with E-state index in [1.807, 2.05) is 0 Å². The van der Waals surface area contributed by atoms with E-state index in [0.717, 1.165) is 12.8 Å². The van der Waals surface area contributed by atoms with Crippen LogP contribution in [0.25, 0.3) is 0 Å². The van der Waals surface area contributed by atoms with E-state index in [-0.39, 0.29) is 23.6 Å². The summed E-state index contributed by atoms with van der Waals surface area (Å²) in [5, 5.41) is 23.4. The molecule has 0 unspecified atom stereocenters. The highest BCUT2D eigenvalue weighted by Crippen LogP contribution is 2.45. The zero-order valence-corrected chi connectivity index (χ0v) is 12.1. The maximum Gasteiger partial charge on any atom is 0.292 e. The van der Waals surface area contributed by atoms with Crippen molar-refractivity contribution in [2.75, 3.05) is 32.6 Å². The first-order chi connectivity index (χ1) is 9.88. The summed E-state index contributed by atoms with van der Waals surface area (Å²) in [6.45, 7) is 0.522. The van der Waals surface area contributed by atoms with Crippen LogP contribution < -0.4 is 5.32 Å². The lowest BCUT2D eigenvalue weighted by Gasteiger charge is -2.15. The minimum absolute atomic E-state index is 0.0596. The van der Waals surface area contributed by atoms with E-state index in [4.69, 9.17) is 0 Å². The molecule has 0 radical (unpaired) electrons. The SMILES string of the molecule is CN(C)C(=O)c1ccc([N+](=O)[O-])c(NCC2(CO)CC2)c1. The van der Waals surface area contributed by atoms with Gasteiger partial charge in [0, 0.05) is 37.7 Å². The van der Waals surface area contributed by atoms with Crippen LogP contribution >= 0.6 is 0 Å². The fourth-order valence-corrected chi connectivity index (χ4v) is 2.08. The summed E-state index contributed by atoms with van der Waals surface area (Å²) < 4.78 is 0. The van der Waals surface area contributed by atoms with Gasteiger partial charge in [-0.05, 0) is 25.0 Å². The van der Waals surface area contributed by atoms with Crippen LogP contribution in [0.15, 0.2) is 18.2 Å². The van der Waals surface area contributed by atoms with Crippen LogP contribution in [0.4, 0.5) is 11.4 Å². The molecule has 1 aliphatic carbocycles. The summed E-state index contributed by atoms with van der Waals surface area (Å²) in [5.74, 6) is -0.212. The van der Waals surface area contributed by atoms with Crippen molar-refractivity contribution in [3.63, 3.8) is 0 Å². The number of nitro benzene ring substituents is 1. The molecule has 0 aromatic heterocycles. The van der Waals surface area contributed by atoms with Crippen LogP contribution in [-0.4, -0.2) is 48.1 Å². The fraction of sp³-hybridized carbons (Fsp3) is 0.500. The van der Waals surface area contributed by atoms with E-state index in [2.05, 4.69) is 5.32 Å². The molecule has 114 valence electrons. The predicted octanol–water partition coefficient (Wildman–Crippen LogP) is 1.48. The van der Waals surface area contributed by atoms with Gasteiger partial charge in [0.25, 0.3) is 11.6 Å². The first-order valence-electron chi connectivity index (χ1n) is 6.73. The topological polar surface area (TPSA) is 95.7 Å². The average Bonchev–Trinajstić information content (AvgIpc) is 3.24. The van der Waals surface area contributed by atoms with Crippen LogP contribution in [0, 0.1) is 15.5 Å². The van der Waals surface area contributed by atoms with E-state index >= 15 is 0 Å². The van der Waals surface area contributed by atoms with Gasteiger partial charge in [0.15, 0.2) is 0 Å². The van der Waals surface area contributed by atoms with Crippen molar-refractivity contribution in [2.45, 2.75) is 12.8 Å². The van der Waals surface area contributed by atoms with Crippen molar-refractivity contribution in [1.29, 1.82) is 0 Å². The molecule has 0 heterocycles. The highest BCUT2D eigenvalue weighted by atomic mass is 16.6. The molecule has 0 aliphatic heterocycles. The molecule has 1 amide bonds. The lowest BCUT2D eigenvalue weighted by molar-refractivity contribution is -0.384. The molecule has 1 saturated carbocycles. The molecule has 0 spiro atoms. The highest BCUT2D eigenvalue weighted by Gasteiger charge is 2.42. The monoisotopic (exact) mass is 293 g/mol. The standard InChI is InChI=1S/C14H19N3O4/c1-16(2)13(19)10-3-4-12(17(20)21)11(7-10)15-8-14(9-18)5-6-14/h3-4,7,15,18H,5-6,8-9H2,1-2H3. The summed E-state index contributed by atoms with van der Waals surface area (Å²) >= 11 is 0. The molecule has 1 aromatic carbocycles. The Balaban J connectivity index is 2.24. The predicted molar refractivity (Wildman–Crippen MR) is 78.4 cm³/mol. The zero-order chi connectivity index (χ0) is 15.6. The number of hydrogen-bond donors (Lipinski definition) is 2. The number of nitrogens with one attached hydrogen (secondary N) is 1. The molecule has 21 heavy (non-hydrogen) atoms. The second kappa shape index (κ2) is 5.69. The number of nitrogens with zero attached hydrogens (tertiary/aromatic N) is 2. The quantitative estimate of drug-likeness (QED) is 0.612. The molecule has 1 aliphatic rings. The van der Waals surface area contributed by atoms with E-state index in [9.17, 15) is 20.0 Å². The van der Waals surface area contributed by atoms with Crippen LogP contribution in [0.3, 0.4) is 0 Å². The maximum absolute atomic E-state index is 11.9. The summed E-state index contributed by atoms with van der Waals surface area (Å²) in [4.78, 5) is 23.9. The van der Waals surface area contributed by atoms with Crippen LogP contribution in [0.2, 0.25) is 0 Å². The minimum Gasteiger partial charge on any atom is -0.396 e. The third-order valence-electron chi connectivity index (χ3n) is 3.79. The van der Waals surface area contributed by atoms with Crippen LogP contribution in [0.1, 0.15) is 23.2 Å². The molecule has 0 atom stereocenters. The summed E-state index contributed by atoms with van der Waals surface area (Å²) in [6.07, 6.45) is 1.81. The zero-order valence-electron chi connectivity index (χ0n) is 12.1. The van der Waals surface area contributed by atoms with E-state index < -0.39 is 4.92 Å². The van der Waals surface area contributed by atoms with Gasteiger partial charge in [-0.1, -0.05) is 0 Å². The van der Waals surface area contributed by atoms with Gasteiger partial charge in [0.1, 0.15) is 5.69 Å². The lowest BCUT2D eigenvalue weighted by atomic mass is 10.1. The smallest absolute Gasteiger partial charge is 0.292 e. The highest BCUT2D eigenvalue weighted by molar-refractivity contribution is 5.95. The number of rotatable bonds is 6. The molecule has 0 saturated heterocycles. The molecule has 1 aromatic rings. The number of anilines is 1. The van der Waals surface area contributed by atoms with Gasteiger partial charge in [-0.15, -0.1) is 0 Å². The number of carbonyl (C=O) groups excluding carboxylic acids is 1. The van der Waals surface area contributed by atoms with Crippen molar-refractivity contribution in [3.8, 4) is 0 Å². The fourth-order valence-electron chi connectivity index (χ4n) is 2.08. The summed E-state index contributed by atoms with van der Waals surface area (Å²) in [5.41, 5.74) is 0.462. The van der Waals surface area contributed by atoms with Gasteiger partial charge in [0.05, 0.1) is 11.5 Å². The molecule has 0 bridgehead atoms. The molecule has 2 N–H and O–H groups in total. The van der Waals surface area contributed by atoms with Gasteiger partial charge >= 0.3 is 0 Å². The number of benzene rings is 1. The maximum atomic E-state index is 11.9. The van der Waals surface area contributed by atoms with Gasteiger partial charge in [-0.25, -0.2) is 0 Å². The minimum atomic E-state index is -0.481. The Morgan fingerprint density at radius 2 is 2.14 bits per heavy atom. The molecular weight excluding hydrogens is 274 g/mol.